The molecular formula is C20H25N3O5. The summed E-state index contributed by atoms with van der Waals surface area (Å²) in [5, 5.41) is 6.78. The smallest absolute Gasteiger partial charge is 0.437 e. The number of amides is 1. The molecule has 1 heterocycles. The zero-order chi connectivity index (χ0) is 21.1. The molecule has 0 aliphatic rings. The highest BCUT2D eigenvalue weighted by atomic mass is 16.6. The predicted molar refractivity (Wildman–Crippen MR) is 105 cm³/mol. The summed E-state index contributed by atoms with van der Waals surface area (Å²) < 4.78 is 11.6. The van der Waals surface area contributed by atoms with Gasteiger partial charge < -0.3 is 9.47 Å². The first-order valence-electron chi connectivity index (χ1n) is 8.77. The average molecular weight is 387 g/mol. The fraction of sp³-hybridized carbons (Fsp3) is 0.400. The Bertz CT molecular complexity index is 871. The van der Waals surface area contributed by atoms with Crippen molar-refractivity contribution < 1.29 is 23.9 Å². The fourth-order valence-corrected chi connectivity index (χ4v) is 2.20. The second-order valence-corrected chi connectivity index (χ2v) is 8.17. The molecule has 1 aromatic carbocycles. The second kappa shape index (κ2) is 7.84. The van der Waals surface area contributed by atoms with Crippen molar-refractivity contribution in [2.24, 2.45) is 0 Å². The van der Waals surface area contributed by atoms with E-state index in [1.165, 1.54) is 6.07 Å². The largest absolute Gasteiger partial charge is 0.444 e. The van der Waals surface area contributed by atoms with Gasteiger partial charge in [0, 0.05) is 17.2 Å². The van der Waals surface area contributed by atoms with E-state index < -0.39 is 23.4 Å². The lowest BCUT2D eigenvalue weighted by Crippen LogP contribution is -2.31. The molecule has 1 amide bonds. The van der Waals surface area contributed by atoms with Crippen LogP contribution in [0.1, 0.15) is 51.9 Å². The molecule has 0 unspecified atom stereocenters. The Hall–Kier alpha value is -3.16. The van der Waals surface area contributed by atoms with Gasteiger partial charge in [-0.1, -0.05) is 24.3 Å². The van der Waals surface area contributed by atoms with Gasteiger partial charge in [-0.25, -0.2) is 9.59 Å². The zero-order valence-electron chi connectivity index (χ0n) is 16.9. The molecule has 1 aromatic heterocycles. The maximum absolute atomic E-state index is 12.5. The third-order valence-electron chi connectivity index (χ3n) is 3.25. The molecule has 0 aliphatic carbocycles. The number of carbonyl (C=O) groups is 3. The average Bonchev–Trinajstić information content (AvgIpc) is 2.95. The van der Waals surface area contributed by atoms with Crippen molar-refractivity contribution >= 4 is 24.3 Å². The van der Waals surface area contributed by atoms with Crippen LogP contribution in [0.5, 0.6) is 0 Å². The van der Waals surface area contributed by atoms with Crippen LogP contribution in [-0.4, -0.2) is 39.5 Å². The van der Waals surface area contributed by atoms with Crippen LogP contribution in [0, 0.1) is 0 Å². The van der Waals surface area contributed by atoms with E-state index in [0.717, 1.165) is 11.0 Å². The van der Waals surface area contributed by atoms with Crippen LogP contribution in [0.4, 0.5) is 15.4 Å². The SMILES string of the molecule is CC(C)(C)OC(=O)Nc1cc(-c2ccc(C=O)cc2)nn1C(=O)OC(C)(C)C. The number of aromatic nitrogens is 2. The number of anilines is 1. The molecule has 8 heteroatoms. The molecule has 0 atom stereocenters. The van der Waals surface area contributed by atoms with E-state index in [0.29, 0.717) is 16.8 Å². The molecule has 0 fully saturated rings. The van der Waals surface area contributed by atoms with Gasteiger partial charge in [0.1, 0.15) is 23.3 Å². The summed E-state index contributed by atoms with van der Waals surface area (Å²) >= 11 is 0. The molecule has 0 radical (unpaired) electrons. The molecule has 2 aromatic rings. The molecule has 0 spiro atoms. The number of rotatable bonds is 3. The van der Waals surface area contributed by atoms with E-state index in [-0.39, 0.29) is 5.82 Å². The van der Waals surface area contributed by atoms with Crippen molar-refractivity contribution in [3.8, 4) is 11.3 Å². The Morgan fingerprint density at radius 2 is 1.57 bits per heavy atom. The number of carbonyl (C=O) groups excluding carboxylic acids is 3. The first-order chi connectivity index (χ1) is 12.9. The van der Waals surface area contributed by atoms with Crippen LogP contribution < -0.4 is 5.32 Å². The highest BCUT2D eigenvalue weighted by Gasteiger charge is 2.24. The van der Waals surface area contributed by atoms with Crippen LogP contribution in [0.15, 0.2) is 30.3 Å². The Morgan fingerprint density at radius 3 is 2.07 bits per heavy atom. The van der Waals surface area contributed by atoms with Gasteiger partial charge >= 0.3 is 12.2 Å². The normalized spacial score (nSPS) is 11.6. The van der Waals surface area contributed by atoms with Gasteiger partial charge in [-0.2, -0.15) is 5.10 Å². The minimum atomic E-state index is -0.741. The quantitative estimate of drug-likeness (QED) is 0.779. The lowest BCUT2D eigenvalue weighted by atomic mass is 10.1. The van der Waals surface area contributed by atoms with Gasteiger partial charge in [0.15, 0.2) is 0 Å². The Morgan fingerprint density at radius 1 is 1.00 bits per heavy atom. The number of nitrogens with one attached hydrogen (secondary N) is 1. The minimum absolute atomic E-state index is 0.109. The molecule has 28 heavy (non-hydrogen) atoms. The van der Waals surface area contributed by atoms with Gasteiger partial charge in [-0.05, 0) is 41.5 Å². The summed E-state index contributed by atoms with van der Waals surface area (Å²) in [6, 6.07) is 8.20. The molecule has 1 N–H and O–H groups in total. The van der Waals surface area contributed by atoms with Crippen molar-refractivity contribution in [3.63, 3.8) is 0 Å². The third kappa shape index (κ3) is 5.94. The van der Waals surface area contributed by atoms with Gasteiger partial charge in [0.2, 0.25) is 0 Å². The topological polar surface area (TPSA) is 99.5 Å². The summed E-state index contributed by atoms with van der Waals surface area (Å²) in [7, 11) is 0. The van der Waals surface area contributed by atoms with Gasteiger partial charge in [-0.3, -0.25) is 10.1 Å². The first kappa shape index (κ1) is 21.1. The molecule has 0 saturated carbocycles. The van der Waals surface area contributed by atoms with E-state index in [1.54, 1.807) is 65.8 Å². The number of hydrogen-bond acceptors (Lipinski definition) is 6. The van der Waals surface area contributed by atoms with E-state index in [2.05, 4.69) is 10.4 Å². The van der Waals surface area contributed by atoms with Crippen molar-refractivity contribution in [1.82, 2.24) is 9.78 Å². The molecule has 150 valence electrons. The summed E-state index contributed by atoms with van der Waals surface area (Å²) in [6.07, 6.45) is -0.729. The van der Waals surface area contributed by atoms with E-state index in [1.807, 2.05) is 0 Å². The van der Waals surface area contributed by atoms with E-state index in [4.69, 9.17) is 9.47 Å². The number of ether oxygens (including phenoxy) is 2. The lowest BCUT2D eigenvalue weighted by Gasteiger charge is -2.21. The molecule has 2 rings (SSSR count). The third-order valence-corrected chi connectivity index (χ3v) is 3.25. The van der Waals surface area contributed by atoms with E-state index in [9.17, 15) is 14.4 Å². The van der Waals surface area contributed by atoms with Crippen LogP contribution in [0.25, 0.3) is 11.3 Å². The Kier molecular flexibility index (Phi) is 5.92. The maximum atomic E-state index is 12.5. The number of benzene rings is 1. The molecule has 0 bridgehead atoms. The molecule has 0 saturated heterocycles. The number of nitrogens with zero attached hydrogens (tertiary/aromatic N) is 2. The highest BCUT2D eigenvalue weighted by Crippen LogP contribution is 2.24. The van der Waals surface area contributed by atoms with Crippen molar-refractivity contribution in [3.05, 3.63) is 35.9 Å². The fourth-order valence-electron chi connectivity index (χ4n) is 2.20. The van der Waals surface area contributed by atoms with Gasteiger partial charge in [0.25, 0.3) is 0 Å². The van der Waals surface area contributed by atoms with Crippen LogP contribution >= 0.6 is 0 Å². The van der Waals surface area contributed by atoms with Crippen molar-refractivity contribution in [2.75, 3.05) is 5.32 Å². The van der Waals surface area contributed by atoms with Crippen molar-refractivity contribution in [2.45, 2.75) is 52.7 Å². The summed E-state index contributed by atoms with van der Waals surface area (Å²) in [4.78, 5) is 35.5. The second-order valence-electron chi connectivity index (χ2n) is 8.17. The number of hydrogen-bond donors (Lipinski definition) is 1. The molecule has 0 aliphatic heterocycles. The summed E-state index contributed by atoms with van der Waals surface area (Å²) in [5.41, 5.74) is 0.170. The summed E-state index contributed by atoms with van der Waals surface area (Å²) in [5.74, 6) is 0.109. The highest BCUT2D eigenvalue weighted by molar-refractivity contribution is 5.88. The lowest BCUT2D eigenvalue weighted by molar-refractivity contribution is 0.0518. The maximum Gasteiger partial charge on any atom is 0.437 e. The van der Waals surface area contributed by atoms with Crippen molar-refractivity contribution in [1.29, 1.82) is 0 Å². The standard InChI is InChI=1S/C20H25N3O5/c1-19(2,3)27-17(25)21-16-11-15(14-9-7-13(12-24)8-10-14)22-23(16)18(26)28-20(4,5)6/h7-12H,1-6H3,(H,21,25). The van der Waals surface area contributed by atoms with Crippen LogP contribution in [0.2, 0.25) is 0 Å². The van der Waals surface area contributed by atoms with E-state index >= 15 is 0 Å². The molecular weight excluding hydrogens is 362 g/mol. The Balaban J connectivity index is 2.39. The Labute approximate surface area is 163 Å². The number of aldehydes is 1. The monoisotopic (exact) mass is 387 g/mol. The van der Waals surface area contributed by atoms with Gasteiger partial charge in [-0.15, -0.1) is 4.68 Å². The molecule has 8 nitrogen and oxygen atoms in total. The predicted octanol–water partition coefficient (Wildman–Crippen LogP) is 4.49. The minimum Gasteiger partial charge on any atom is -0.444 e. The first-order valence-corrected chi connectivity index (χ1v) is 8.77. The van der Waals surface area contributed by atoms with Crippen LogP contribution in [-0.2, 0) is 9.47 Å². The summed E-state index contributed by atoms with van der Waals surface area (Å²) in [6.45, 7) is 10.4. The van der Waals surface area contributed by atoms with Crippen LogP contribution in [0.3, 0.4) is 0 Å². The van der Waals surface area contributed by atoms with Gasteiger partial charge in [0.05, 0.1) is 5.69 Å². The zero-order valence-corrected chi connectivity index (χ0v) is 16.9.